The molecule has 2 bridgehead atoms. The molecule has 2 aliphatic rings. The molecule has 0 spiro atoms. The van der Waals surface area contributed by atoms with Gasteiger partial charge in [0.2, 0.25) is 0 Å². The molecule has 2 saturated heterocycles. The van der Waals surface area contributed by atoms with E-state index < -0.39 is 0 Å². The van der Waals surface area contributed by atoms with E-state index in [4.69, 9.17) is 0 Å². The average molecular weight is 422 g/mol. The predicted molar refractivity (Wildman–Crippen MR) is 106 cm³/mol. The van der Waals surface area contributed by atoms with Gasteiger partial charge in [0.15, 0.2) is 5.96 Å². The van der Waals surface area contributed by atoms with Gasteiger partial charge in [-0.2, -0.15) is 0 Å². The second-order valence-electron chi connectivity index (χ2n) is 6.85. The zero-order valence-corrected chi connectivity index (χ0v) is 17.1. The Kier molecular flexibility index (Phi) is 9.05. The fourth-order valence-electron chi connectivity index (χ4n) is 3.94. The summed E-state index contributed by atoms with van der Waals surface area (Å²) in [6, 6.07) is 2.13. The van der Waals surface area contributed by atoms with Crippen LogP contribution >= 0.6 is 24.0 Å². The van der Waals surface area contributed by atoms with Crippen LogP contribution in [0.3, 0.4) is 0 Å². The van der Waals surface area contributed by atoms with Gasteiger partial charge in [-0.15, -0.1) is 24.0 Å². The third kappa shape index (κ3) is 5.25. The second-order valence-corrected chi connectivity index (χ2v) is 6.85. The van der Waals surface area contributed by atoms with E-state index in [9.17, 15) is 0 Å². The molecular weight excluding hydrogens is 387 g/mol. The Balaban J connectivity index is 0.00000242. The lowest BCUT2D eigenvalue weighted by atomic mass is 9.82. The number of rotatable bonds is 5. The molecule has 0 aliphatic carbocycles. The van der Waals surface area contributed by atoms with Crippen LogP contribution < -0.4 is 10.6 Å². The van der Waals surface area contributed by atoms with Gasteiger partial charge in [0.1, 0.15) is 0 Å². The van der Waals surface area contributed by atoms with Gasteiger partial charge >= 0.3 is 0 Å². The van der Waals surface area contributed by atoms with Gasteiger partial charge in [-0.3, -0.25) is 4.99 Å². The smallest absolute Gasteiger partial charge is 0.191 e. The number of fused-ring (bicyclic) bond motifs is 2. The average Bonchev–Trinajstić information content (AvgIpc) is 2.47. The van der Waals surface area contributed by atoms with Crippen LogP contribution in [0.5, 0.6) is 0 Å². The van der Waals surface area contributed by atoms with Crippen molar-refractivity contribution in [1.29, 1.82) is 0 Å². The van der Waals surface area contributed by atoms with Crippen LogP contribution in [0.4, 0.5) is 0 Å². The van der Waals surface area contributed by atoms with Crippen molar-refractivity contribution < 1.29 is 0 Å². The van der Waals surface area contributed by atoms with Crippen LogP contribution in [-0.2, 0) is 0 Å². The molecule has 22 heavy (non-hydrogen) atoms. The van der Waals surface area contributed by atoms with E-state index in [2.05, 4.69) is 41.4 Å². The largest absolute Gasteiger partial charge is 0.356 e. The number of hydrogen-bond donors (Lipinski definition) is 2. The van der Waals surface area contributed by atoms with Crippen molar-refractivity contribution >= 4 is 29.9 Å². The van der Waals surface area contributed by atoms with E-state index >= 15 is 0 Å². The standard InChI is InChI=1S/C17H34N4.HI/c1-5-13(6-2)12-19-17(18-3)20-14-10-15-8-7-9-16(11-14)21(15)4;/h13-16H,5-12H2,1-4H3,(H2,18,19,20);1H. The van der Waals surface area contributed by atoms with Gasteiger partial charge in [-0.25, -0.2) is 0 Å². The minimum Gasteiger partial charge on any atom is -0.356 e. The lowest BCUT2D eigenvalue weighted by Crippen LogP contribution is -2.56. The number of aliphatic imine (C=N–C) groups is 1. The van der Waals surface area contributed by atoms with Crippen LogP contribution in [0.25, 0.3) is 0 Å². The molecule has 0 saturated carbocycles. The summed E-state index contributed by atoms with van der Waals surface area (Å²) < 4.78 is 0. The number of nitrogens with one attached hydrogen (secondary N) is 2. The van der Waals surface area contributed by atoms with Gasteiger partial charge in [0.25, 0.3) is 0 Å². The molecule has 2 fully saturated rings. The lowest BCUT2D eigenvalue weighted by molar-refractivity contribution is 0.0526. The Morgan fingerprint density at radius 1 is 1.18 bits per heavy atom. The molecule has 2 unspecified atom stereocenters. The number of guanidine groups is 1. The number of nitrogens with zero attached hydrogens (tertiary/aromatic N) is 2. The molecule has 130 valence electrons. The fraction of sp³-hybridized carbons (Fsp3) is 0.941. The zero-order valence-electron chi connectivity index (χ0n) is 14.8. The Bertz CT molecular complexity index is 330. The highest BCUT2D eigenvalue weighted by Crippen LogP contribution is 2.32. The maximum atomic E-state index is 4.42. The van der Waals surface area contributed by atoms with Crippen molar-refractivity contribution in [1.82, 2.24) is 15.5 Å². The molecule has 4 nitrogen and oxygen atoms in total. The Hall–Kier alpha value is -0.0400. The molecule has 0 amide bonds. The summed E-state index contributed by atoms with van der Waals surface area (Å²) in [5, 5.41) is 7.19. The molecule has 0 aromatic carbocycles. The van der Waals surface area contributed by atoms with Crippen molar-refractivity contribution in [3.05, 3.63) is 0 Å². The van der Waals surface area contributed by atoms with Crippen molar-refractivity contribution in [3.8, 4) is 0 Å². The molecule has 0 aromatic rings. The molecular formula is C17H35IN4. The monoisotopic (exact) mass is 422 g/mol. The third-order valence-electron chi connectivity index (χ3n) is 5.62. The van der Waals surface area contributed by atoms with Crippen molar-refractivity contribution in [2.24, 2.45) is 10.9 Å². The number of halogens is 1. The first-order valence-electron chi connectivity index (χ1n) is 8.87. The summed E-state index contributed by atoms with van der Waals surface area (Å²) >= 11 is 0. The van der Waals surface area contributed by atoms with E-state index in [1.54, 1.807) is 0 Å². The topological polar surface area (TPSA) is 39.7 Å². The van der Waals surface area contributed by atoms with Crippen LogP contribution in [0.2, 0.25) is 0 Å². The summed E-state index contributed by atoms with van der Waals surface area (Å²) in [6.07, 6.45) is 9.14. The second kappa shape index (κ2) is 9.96. The number of hydrogen-bond acceptors (Lipinski definition) is 2. The summed E-state index contributed by atoms with van der Waals surface area (Å²) in [4.78, 5) is 7.03. The highest BCUT2D eigenvalue weighted by Gasteiger charge is 2.36. The van der Waals surface area contributed by atoms with Gasteiger partial charge in [-0.1, -0.05) is 33.1 Å². The summed E-state index contributed by atoms with van der Waals surface area (Å²) in [6.45, 7) is 5.57. The summed E-state index contributed by atoms with van der Waals surface area (Å²) in [7, 11) is 4.20. The minimum atomic E-state index is 0. The van der Waals surface area contributed by atoms with E-state index in [-0.39, 0.29) is 24.0 Å². The van der Waals surface area contributed by atoms with E-state index in [0.717, 1.165) is 30.5 Å². The lowest BCUT2D eigenvalue weighted by Gasteiger charge is -2.47. The summed E-state index contributed by atoms with van der Waals surface area (Å²) in [5.41, 5.74) is 0. The fourth-order valence-corrected chi connectivity index (χ4v) is 3.94. The SMILES string of the molecule is CCC(CC)CNC(=NC)NC1CC2CCCC(C1)N2C.I. The van der Waals surface area contributed by atoms with Gasteiger partial charge < -0.3 is 15.5 Å². The normalized spacial score (nSPS) is 29.1. The molecule has 5 heteroatoms. The van der Waals surface area contributed by atoms with E-state index in [1.165, 1.54) is 44.9 Å². The molecule has 2 heterocycles. The van der Waals surface area contributed by atoms with Crippen LogP contribution in [0.1, 0.15) is 58.8 Å². The van der Waals surface area contributed by atoms with Crippen molar-refractivity contribution in [2.45, 2.75) is 76.9 Å². The molecule has 2 atom stereocenters. The van der Waals surface area contributed by atoms with Crippen LogP contribution in [0.15, 0.2) is 4.99 Å². The van der Waals surface area contributed by atoms with E-state index in [1.807, 2.05) is 7.05 Å². The first-order chi connectivity index (χ1) is 10.2. The highest BCUT2D eigenvalue weighted by molar-refractivity contribution is 14.0. The predicted octanol–water partition coefficient (Wildman–Crippen LogP) is 3.22. The van der Waals surface area contributed by atoms with Gasteiger partial charge in [-0.05, 0) is 38.6 Å². The molecule has 0 aromatic heterocycles. The first-order valence-corrected chi connectivity index (χ1v) is 8.87. The van der Waals surface area contributed by atoms with Crippen molar-refractivity contribution in [2.75, 3.05) is 20.6 Å². The molecule has 2 N–H and O–H groups in total. The Morgan fingerprint density at radius 3 is 2.27 bits per heavy atom. The third-order valence-corrected chi connectivity index (χ3v) is 5.62. The molecule has 0 radical (unpaired) electrons. The van der Waals surface area contributed by atoms with Crippen LogP contribution in [-0.4, -0.2) is 49.6 Å². The Morgan fingerprint density at radius 2 is 1.77 bits per heavy atom. The van der Waals surface area contributed by atoms with Crippen LogP contribution in [0, 0.1) is 5.92 Å². The minimum absolute atomic E-state index is 0. The van der Waals surface area contributed by atoms with Gasteiger partial charge in [0, 0.05) is 31.7 Å². The Labute approximate surface area is 153 Å². The quantitative estimate of drug-likeness (QED) is 0.406. The highest BCUT2D eigenvalue weighted by atomic mass is 127. The maximum Gasteiger partial charge on any atom is 0.191 e. The molecule has 2 aliphatic heterocycles. The number of piperidine rings is 2. The van der Waals surface area contributed by atoms with Gasteiger partial charge in [0.05, 0.1) is 0 Å². The van der Waals surface area contributed by atoms with E-state index in [0.29, 0.717) is 6.04 Å². The first kappa shape index (κ1) is 20.0. The zero-order chi connectivity index (χ0) is 15.2. The van der Waals surface area contributed by atoms with Crippen molar-refractivity contribution in [3.63, 3.8) is 0 Å². The summed E-state index contributed by atoms with van der Waals surface area (Å²) in [5.74, 6) is 1.75. The maximum absolute atomic E-state index is 4.42. The molecule has 2 rings (SSSR count).